The average Bonchev–Trinajstić information content (AvgIpc) is 2.95. The highest BCUT2D eigenvalue weighted by atomic mass is 16.5. The molecule has 16 heavy (non-hydrogen) atoms. The number of aromatic nitrogens is 2. The first-order valence-electron chi connectivity index (χ1n) is 6.12. The van der Waals surface area contributed by atoms with Crippen LogP contribution in [0.25, 0.3) is 0 Å². The van der Waals surface area contributed by atoms with E-state index in [0.717, 1.165) is 19.5 Å². The van der Waals surface area contributed by atoms with Crippen LogP contribution >= 0.6 is 0 Å². The van der Waals surface area contributed by atoms with Crippen LogP contribution in [0.3, 0.4) is 0 Å². The van der Waals surface area contributed by atoms with Crippen molar-refractivity contribution in [1.82, 2.24) is 14.9 Å². The highest BCUT2D eigenvalue weighted by Gasteiger charge is 2.25. The lowest BCUT2D eigenvalue weighted by Gasteiger charge is -2.19. The first-order chi connectivity index (χ1) is 7.90. The molecule has 90 valence electrons. The van der Waals surface area contributed by atoms with E-state index < -0.39 is 0 Å². The predicted molar refractivity (Wildman–Crippen MR) is 63.3 cm³/mol. The van der Waals surface area contributed by atoms with E-state index in [9.17, 15) is 0 Å². The summed E-state index contributed by atoms with van der Waals surface area (Å²) in [7, 11) is 1.82. The maximum absolute atomic E-state index is 5.45. The molecule has 1 aliphatic rings. The van der Waals surface area contributed by atoms with Crippen molar-refractivity contribution in [3.63, 3.8) is 0 Å². The van der Waals surface area contributed by atoms with Crippen molar-refractivity contribution < 1.29 is 4.74 Å². The summed E-state index contributed by atoms with van der Waals surface area (Å²) in [5.41, 5.74) is 0. The largest absolute Gasteiger partial charge is 0.380 e. The third-order valence-electron chi connectivity index (χ3n) is 3.31. The van der Waals surface area contributed by atoms with Crippen molar-refractivity contribution in [3.05, 3.63) is 18.7 Å². The van der Waals surface area contributed by atoms with Crippen molar-refractivity contribution in [2.75, 3.05) is 13.7 Å². The number of imidazole rings is 1. The third-order valence-corrected chi connectivity index (χ3v) is 3.31. The van der Waals surface area contributed by atoms with Crippen LogP contribution in [0.2, 0.25) is 0 Å². The fourth-order valence-electron chi connectivity index (χ4n) is 2.41. The Bertz CT molecular complexity index is 286. The molecule has 0 saturated heterocycles. The number of aryl methyl sites for hydroxylation is 1. The molecule has 1 N–H and O–H groups in total. The van der Waals surface area contributed by atoms with Gasteiger partial charge in [-0.05, 0) is 32.2 Å². The summed E-state index contributed by atoms with van der Waals surface area (Å²) in [6.07, 6.45) is 11.0. The van der Waals surface area contributed by atoms with Gasteiger partial charge >= 0.3 is 0 Å². The van der Waals surface area contributed by atoms with E-state index in [-0.39, 0.29) is 0 Å². The molecule has 1 heterocycles. The van der Waals surface area contributed by atoms with Gasteiger partial charge in [0.15, 0.2) is 0 Å². The molecule has 4 nitrogen and oxygen atoms in total. The van der Waals surface area contributed by atoms with Crippen molar-refractivity contribution in [2.45, 2.75) is 44.4 Å². The maximum Gasteiger partial charge on any atom is 0.0945 e. The number of rotatable bonds is 6. The smallest absolute Gasteiger partial charge is 0.0945 e. The topological polar surface area (TPSA) is 39.1 Å². The Morgan fingerprint density at radius 1 is 1.50 bits per heavy atom. The molecule has 1 fully saturated rings. The molecule has 2 atom stereocenters. The molecule has 4 heteroatoms. The molecular formula is C12H21N3O. The zero-order chi connectivity index (χ0) is 11.2. The molecule has 2 rings (SSSR count). The van der Waals surface area contributed by atoms with Crippen molar-refractivity contribution in [2.24, 2.45) is 0 Å². The Labute approximate surface area is 97.0 Å². The van der Waals surface area contributed by atoms with Gasteiger partial charge in [0, 0.05) is 32.1 Å². The molecular weight excluding hydrogens is 202 g/mol. The van der Waals surface area contributed by atoms with E-state index in [0.29, 0.717) is 12.1 Å². The van der Waals surface area contributed by atoms with E-state index in [1.54, 1.807) is 0 Å². The molecule has 0 aliphatic heterocycles. The molecule has 1 saturated carbocycles. The maximum atomic E-state index is 5.45. The van der Waals surface area contributed by atoms with E-state index in [1.807, 2.05) is 25.8 Å². The van der Waals surface area contributed by atoms with Gasteiger partial charge in [-0.2, -0.15) is 0 Å². The third kappa shape index (κ3) is 3.06. The summed E-state index contributed by atoms with van der Waals surface area (Å²) in [4.78, 5) is 4.03. The quantitative estimate of drug-likeness (QED) is 0.742. The summed E-state index contributed by atoms with van der Waals surface area (Å²) in [6.45, 7) is 2.10. The van der Waals surface area contributed by atoms with Crippen molar-refractivity contribution in [1.29, 1.82) is 0 Å². The van der Waals surface area contributed by atoms with Crippen LogP contribution in [0.1, 0.15) is 25.7 Å². The normalized spacial score (nSPS) is 25.1. The van der Waals surface area contributed by atoms with Crippen LogP contribution in [0, 0.1) is 0 Å². The molecule has 0 amide bonds. The van der Waals surface area contributed by atoms with E-state index in [1.165, 1.54) is 19.3 Å². The molecule has 0 spiro atoms. The van der Waals surface area contributed by atoms with Gasteiger partial charge in [0.2, 0.25) is 0 Å². The second kappa shape index (κ2) is 6.01. The highest BCUT2D eigenvalue weighted by Crippen LogP contribution is 2.21. The predicted octanol–water partition coefficient (Wildman–Crippen LogP) is 1.43. The van der Waals surface area contributed by atoms with E-state index in [4.69, 9.17) is 4.74 Å². The van der Waals surface area contributed by atoms with E-state index >= 15 is 0 Å². The summed E-state index contributed by atoms with van der Waals surface area (Å²) < 4.78 is 7.56. The summed E-state index contributed by atoms with van der Waals surface area (Å²) in [5, 5.41) is 3.59. The lowest BCUT2D eigenvalue weighted by atomic mass is 10.2. The second-order valence-corrected chi connectivity index (χ2v) is 4.42. The fourth-order valence-corrected chi connectivity index (χ4v) is 2.41. The first-order valence-corrected chi connectivity index (χ1v) is 6.12. The molecule has 0 radical (unpaired) electrons. The highest BCUT2D eigenvalue weighted by molar-refractivity contribution is 4.83. The summed E-state index contributed by atoms with van der Waals surface area (Å²) in [6, 6.07) is 0.563. The van der Waals surface area contributed by atoms with Gasteiger partial charge in [-0.3, -0.25) is 0 Å². The van der Waals surface area contributed by atoms with Crippen LogP contribution in [0.5, 0.6) is 0 Å². The second-order valence-electron chi connectivity index (χ2n) is 4.42. The molecule has 1 aromatic rings. The number of hydrogen-bond acceptors (Lipinski definition) is 3. The summed E-state index contributed by atoms with van der Waals surface area (Å²) >= 11 is 0. The van der Waals surface area contributed by atoms with Gasteiger partial charge in [-0.15, -0.1) is 0 Å². The van der Waals surface area contributed by atoms with Crippen LogP contribution < -0.4 is 5.32 Å². The Hall–Kier alpha value is -0.870. The van der Waals surface area contributed by atoms with Crippen molar-refractivity contribution in [3.8, 4) is 0 Å². The van der Waals surface area contributed by atoms with Gasteiger partial charge in [0.25, 0.3) is 0 Å². The van der Waals surface area contributed by atoms with Crippen LogP contribution in [-0.4, -0.2) is 35.4 Å². The lowest BCUT2D eigenvalue weighted by Crippen LogP contribution is -2.37. The number of ether oxygens (including phenoxy) is 1. The minimum atomic E-state index is 0.424. The number of nitrogens with one attached hydrogen (secondary N) is 1. The van der Waals surface area contributed by atoms with Gasteiger partial charge in [0.05, 0.1) is 12.4 Å². The number of hydrogen-bond donors (Lipinski definition) is 1. The Morgan fingerprint density at radius 3 is 3.19 bits per heavy atom. The SMILES string of the molecule is COC1CCCC1NCCCn1ccnc1. The Kier molecular flexibility index (Phi) is 4.36. The first kappa shape index (κ1) is 11.6. The van der Waals surface area contributed by atoms with Gasteiger partial charge < -0.3 is 14.6 Å². The molecule has 0 bridgehead atoms. The molecule has 0 aromatic carbocycles. The van der Waals surface area contributed by atoms with Gasteiger partial charge in [-0.1, -0.05) is 0 Å². The van der Waals surface area contributed by atoms with Crippen LogP contribution in [0.15, 0.2) is 18.7 Å². The minimum absolute atomic E-state index is 0.424. The molecule has 2 unspecified atom stereocenters. The summed E-state index contributed by atoms with van der Waals surface area (Å²) in [5.74, 6) is 0. The number of nitrogens with zero attached hydrogens (tertiary/aromatic N) is 2. The lowest BCUT2D eigenvalue weighted by molar-refractivity contribution is 0.0851. The minimum Gasteiger partial charge on any atom is -0.380 e. The standard InChI is InChI=1S/C12H21N3O/c1-16-12-5-2-4-11(12)14-6-3-8-15-9-7-13-10-15/h7,9-12,14H,2-6,8H2,1H3. The Morgan fingerprint density at radius 2 is 2.44 bits per heavy atom. The van der Waals surface area contributed by atoms with E-state index in [2.05, 4.69) is 14.9 Å². The van der Waals surface area contributed by atoms with Crippen LogP contribution in [0.4, 0.5) is 0 Å². The zero-order valence-corrected chi connectivity index (χ0v) is 9.93. The average molecular weight is 223 g/mol. The van der Waals surface area contributed by atoms with Gasteiger partial charge in [0.1, 0.15) is 0 Å². The fraction of sp³-hybridized carbons (Fsp3) is 0.750. The monoisotopic (exact) mass is 223 g/mol. The van der Waals surface area contributed by atoms with Crippen LogP contribution in [-0.2, 0) is 11.3 Å². The van der Waals surface area contributed by atoms with Gasteiger partial charge in [-0.25, -0.2) is 4.98 Å². The zero-order valence-electron chi connectivity index (χ0n) is 9.93. The molecule has 1 aliphatic carbocycles. The Balaban J connectivity index is 1.61. The molecule has 1 aromatic heterocycles. The number of methoxy groups -OCH3 is 1. The van der Waals surface area contributed by atoms with Crippen molar-refractivity contribution >= 4 is 0 Å².